The maximum atomic E-state index is 12.4. The van der Waals surface area contributed by atoms with Gasteiger partial charge in [-0.15, -0.1) is 0 Å². The highest BCUT2D eigenvalue weighted by Gasteiger charge is 2.42. The van der Waals surface area contributed by atoms with Gasteiger partial charge in [-0.3, -0.25) is 10.1 Å². The SMILES string of the molecule is Cc1ccc([N+](=O)[O-])cc1/C=C(/C(O)O)C(O)C(F)(F)F. The van der Waals surface area contributed by atoms with Crippen molar-refractivity contribution >= 4 is 11.8 Å². The molecule has 1 rings (SSSR count). The number of aliphatic hydroxyl groups excluding tert-OH is 2. The second-order valence-electron chi connectivity index (χ2n) is 4.26. The first-order valence-corrected chi connectivity index (χ1v) is 5.61. The zero-order valence-electron chi connectivity index (χ0n) is 10.7. The zero-order chi connectivity index (χ0) is 16.4. The van der Waals surface area contributed by atoms with Gasteiger partial charge in [-0.05, 0) is 24.1 Å². The van der Waals surface area contributed by atoms with Crippen LogP contribution in [-0.2, 0) is 0 Å². The molecule has 0 aromatic heterocycles. The van der Waals surface area contributed by atoms with Gasteiger partial charge in [0.15, 0.2) is 12.4 Å². The Kier molecular flexibility index (Phi) is 5.05. The predicted molar refractivity (Wildman–Crippen MR) is 66.1 cm³/mol. The number of halogens is 3. The van der Waals surface area contributed by atoms with E-state index < -0.39 is 29.1 Å². The number of hydrogen-bond acceptors (Lipinski definition) is 5. The summed E-state index contributed by atoms with van der Waals surface area (Å²) in [5, 5.41) is 37.7. The summed E-state index contributed by atoms with van der Waals surface area (Å²) in [6.45, 7) is 1.47. The Hall–Kier alpha value is -1.97. The van der Waals surface area contributed by atoms with Gasteiger partial charge in [0.1, 0.15) is 0 Å². The summed E-state index contributed by atoms with van der Waals surface area (Å²) in [4.78, 5) is 9.89. The highest BCUT2D eigenvalue weighted by Crippen LogP contribution is 2.29. The Labute approximate surface area is 116 Å². The van der Waals surface area contributed by atoms with Crippen molar-refractivity contribution in [3.63, 3.8) is 0 Å². The molecule has 0 aliphatic rings. The Balaban J connectivity index is 3.35. The number of rotatable bonds is 4. The summed E-state index contributed by atoms with van der Waals surface area (Å²) in [7, 11) is 0. The zero-order valence-corrected chi connectivity index (χ0v) is 10.7. The van der Waals surface area contributed by atoms with Crippen molar-refractivity contribution < 1.29 is 33.4 Å². The lowest BCUT2D eigenvalue weighted by molar-refractivity contribution is -0.384. The molecule has 21 heavy (non-hydrogen) atoms. The van der Waals surface area contributed by atoms with Crippen LogP contribution in [0.1, 0.15) is 11.1 Å². The molecule has 6 nitrogen and oxygen atoms in total. The van der Waals surface area contributed by atoms with E-state index in [0.29, 0.717) is 11.6 Å². The Morgan fingerprint density at radius 3 is 2.33 bits per heavy atom. The Bertz CT molecular complexity index is 569. The Morgan fingerprint density at radius 1 is 1.33 bits per heavy atom. The smallest absolute Gasteiger partial charge is 0.379 e. The largest absolute Gasteiger partial charge is 0.418 e. The van der Waals surface area contributed by atoms with E-state index in [1.54, 1.807) is 0 Å². The van der Waals surface area contributed by atoms with Crippen molar-refractivity contribution in [2.45, 2.75) is 25.5 Å². The number of hydrogen-bond donors (Lipinski definition) is 3. The highest BCUT2D eigenvalue weighted by atomic mass is 19.4. The average Bonchev–Trinajstić information content (AvgIpc) is 2.35. The van der Waals surface area contributed by atoms with E-state index in [2.05, 4.69) is 0 Å². The number of nitro groups is 1. The van der Waals surface area contributed by atoms with Crippen LogP contribution >= 0.6 is 0 Å². The van der Waals surface area contributed by atoms with E-state index in [1.807, 2.05) is 0 Å². The number of nitro benzene ring substituents is 1. The van der Waals surface area contributed by atoms with Crippen molar-refractivity contribution in [2.75, 3.05) is 0 Å². The molecular formula is C12H12F3NO5. The molecule has 1 unspecified atom stereocenters. The standard InChI is InChI=1S/C12H12F3NO5/c1-6-2-3-8(16(20)21)4-7(6)5-9(11(18)19)10(17)12(13,14)15/h2-5,10-11,17-19H,1H3/b9-5+. The van der Waals surface area contributed by atoms with Crippen molar-refractivity contribution in [1.82, 2.24) is 0 Å². The van der Waals surface area contributed by atoms with E-state index in [9.17, 15) is 23.3 Å². The van der Waals surface area contributed by atoms with Gasteiger partial charge in [0, 0.05) is 17.7 Å². The van der Waals surface area contributed by atoms with Crippen molar-refractivity contribution in [2.24, 2.45) is 0 Å². The fourth-order valence-corrected chi connectivity index (χ4v) is 1.56. The summed E-state index contributed by atoms with van der Waals surface area (Å²) in [6, 6.07) is 3.42. The Morgan fingerprint density at radius 2 is 1.90 bits per heavy atom. The minimum absolute atomic E-state index is 0.0319. The molecule has 0 saturated heterocycles. The summed E-state index contributed by atoms with van der Waals surface area (Å²) in [5.41, 5.74) is -1.16. The first kappa shape index (κ1) is 17.1. The minimum Gasteiger partial charge on any atom is -0.379 e. The van der Waals surface area contributed by atoms with E-state index >= 15 is 0 Å². The third kappa shape index (κ3) is 4.25. The molecule has 0 fully saturated rings. The molecule has 0 aliphatic carbocycles. The van der Waals surface area contributed by atoms with Crippen LogP contribution in [0.15, 0.2) is 23.8 Å². The van der Waals surface area contributed by atoms with Crippen LogP contribution in [0.5, 0.6) is 0 Å². The molecule has 0 heterocycles. The second kappa shape index (κ2) is 6.20. The number of aryl methyl sites for hydroxylation is 1. The highest BCUT2D eigenvalue weighted by molar-refractivity contribution is 5.61. The molecule has 0 aliphatic heterocycles. The fraction of sp³-hybridized carbons (Fsp3) is 0.333. The van der Waals surface area contributed by atoms with Crippen molar-refractivity contribution in [3.05, 3.63) is 45.0 Å². The molecule has 1 aromatic carbocycles. The normalized spacial score (nSPS) is 14.4. The summed E-state index contributed by atoms with van der Waals surface area (Å²) in [5.74, 6) is 0. The summed E-state index contributed by atoms with van der Waals surface area (Å²) in [6.07, 6.45) is -10.1. The van der Waals surface area contributed by atoms with Crippen LogP contribution in [-0.4, -0.2) is 38.8 Å². The topological polar surface area (TPSA) is 104 Å². The maximum absolute atomic E-state index is 12.4. The number of nitrogens with zero attached hydrogens (tertiary/aromatic N) is 1. The average molecular weight is 307 g/mol. The molecule has 0 amide bonds. The molecule has 0 bridgehead atoms. The fourth-order valence-electron chi connectivity index (χ4n) is 1.56. The monoisotopic (exact) mass is 307 g/mol. The van der Waals surface area contributed by atoms with Crippen molar-refractivity contribution in [1.29, 1.82) is 0 Å². The van der Waals surface area contributed by atoms with Gasteiger partial charge in [-0.25, -0.2) is 0 Å². The third-order valence-electron chi connectivity index (χ3n) is 2.72. The molecule has 0 radical (unpaired) electrons. The molecule has 3 N–H and O–H groups in total. The van der Waals surface area contributed by atoms with Crippen LogP contribution in [0, 0.1) is 17.0 Å². The van der Waals surface area contributed by atoms with Gasteiger partial charge in [0.25, 0.3) is 5.69 Å². The van der Waals surface area contributed by atoms with Gasteiger partial charge in [-0.1, -0.05) is 6.07 Å². The van der Waals surface area contributed by atoms with Gasteiger partial charge in [-0.2, -0.15) is 13.2 Å². The lowest BCUT2D eigenvalue weighted by Crippen LogP contribution is -2.35. The molecule has 9 heteroatoms. The first-order valence-electron chi connectivity index (χ1n) is 5.61. The lowest BCUT2D eigenvalue weighted by atomic mass is 10.0. The number of alkyl halides is 3. The summed E-state index contributed by atoms with van der Waals surface area (Å²) < 4.78 is 37.3. The summed E-state index contributed by atoms with van der Waals surface area (Å²) >= 11 is 0. The molecule has 1 atom stereocenters. The van der Waals surface area contributed by atoms with E-state index in [0.717, 1.165) is 12.1 Å². The third-order valence-corrected chi connectivity index (χ3v) is 2.72. The minimum atomic E-state index is -5.09. The molecular weight excluding hydrogens is 295 g/mol. The van der Waals surface area contributed by atoms with Crippen LogP contribution in [0.4, 0.5) is 18.9 Å². The number of non-ortho nitro benzene ring substituents is 1. The predicted octanol–water partition coefficient (Wildman–Crippen LogP) is 1.52. The van der Waals surface area contributed by atoms with Gasteiger partial charge < -0.3 is 15.3 Å². The van der Waals surface area contributed by atoms with Gasteiger partial charge in [0.05, 0.1) is 4.92 Å². The van der Waals surface area contributed by atoms with E-state index in [4.69, 9.17) is 15.3 Å². The van der Waals surface area contributed by atoms with Crippen LogP contribution in [0.3, 0.4) is 0 Å². The van der Waals surface area contributed by atoms with Crippen LogP contribution < -0.4 is 0 Å². The number of benzene rings is 1. The van der Waals surface area contributed by atoms with Crippen LogP contribution in [0.2, 0.25) is 0 Å². The van der Waals surface area contributed by atoms with Gasteiger partial charge in [0.2, 0.25) is 0 Å². The lowest BCUT2D eigenvalue weighted by Gasteiger charge is -2.19. The van der Waals surface area contributed by atoms with Crippen molar-refractivity contribution in [3.8, 4) is 0 Å². The van der Waals surface area contributed by atoms with Crippen LogP contribution in [0.25, 0.3) is 6.08 Å². The molecule has 0 spiro atoms. The van der Waals surface area contributed by atoms with E-state index in [-0.39, 0.29) is 11.3 Å². The molecule has 116 valence electrons. The van der Waals surface area contributed by atoms with E-state index in [1.165, 1.54) is 13.0 Å². The second-order valence-corrected chi connectivity index (χ2v) is 4.26. The number of aliphatic hydroxyl groups is 3. The first-order chi connectivity index (χ1) is 9.54. The van der Waals surface area contributed by atoms with Gasteiger partial charge >= 0.3 is 6.18 Å². The molecule has 1 aromatic rings. The quantitative estimate of drug-likeness (QED) is 0.444. The molecule has 0 saturated carbocycles. The maximum Gasteiger partial charge on any atom is 0.418 e.